The van der Waals surface area contributed by atoms with Crippen molar-refractivity contribution in [1.29, 1.82) is 0 Å². The van der Waals surface area contributed by atoms with Crippen molar-refractivity contribution >= 4 is 27.7 Å². The molecule has 0 atom stereocenters. The topological polar surface area (TPSA) is 49.8 Å². The highest BCUT2D eigenvalue weighted by Crippen LogP contribution is 2.21. The number of benzene rings is 1. The Hall–Kier alpha value is -1.07. The van der Waals surface area contributed by atoms with E-state index >= 15 is 0 Å². The van der Waals surface area contributed by atoms with E-state index in [-0.39, 0.29) is 0 Å². The Balaban J connectivity index is 2.99. The smallest absolute Gasteiger partial charge is 0.278 e. The molecule has 1 rings (SSSR count). The minimum atomic E-state index is -0.807. The van der Waals surface area contributed by atoms with Gasteiger partial charge in [-0.3, -0.25) is 9.79 Å². The summed E-state index contributed by atoms with van der Waals surface area (Å²) in [6.45, 7) is 0. The zero-order chi connectivity index (χ0) is 10.6. The van der Waals surface area contributed by atoms with Crippen LogP contribution in [0.5, 0.6) is 0 Å². The number of halogens is 1. The Morgan fingerprint density at radius 1 is 1.57 bits per heavy atom. The summed E-state index contributed by atoms with van der Waals surface area (Å²) in [7, 11) is 1.53. The molecular weight excluding hydrogens is 250 g/mol. The molecule has 0 fully saturated rings. The second-order valence-corrected chi connectivity index (χ2v) is 3.24. The van der Waals surface area contributed by atoms with Crippen LogP contribution in [0.2, 0.25) is 0 Å². The van der Waals surface area contributed by atoms with E-state index < -0.39 is 6.09 Å². The van der Waals surface area contributed by atoms with E-state index in [1.54, 1.807) is 6.07 Å². The second-order valence-electron chi connectivity index (χ2n) is 2.68. The highest BCUT2D eigenvalue weighted by atomic mass is 79.9. The lowest BCUT2D eigenvalue weighted by Crippen LogP contribution is -2.26. The summed E-state index contributed by atoms with van der Waals surface area (Å²) in [4.78, 5) is 15.9. The molecule has 0 bridgehead atoms. The standard InChI is InChI=1S/C9H10BrNO3/c1-11(9(12)14-13)8-5-3-2-4-7(8)6-10/h2-5,13H,6H2,1H3. The van der Waals surface area contributed by atoms with Crippen molar-refractivity contribution in [1.82, 2.24) is 0 Å². The summed E-state index contributed by atoms with van der Waals surface area (Å²) in [6, 6.07) is 7.33. The SMILES string of the molecule is CN(C(=O)OO)c1ccccc1CBr. The van der Waals surface area contributed by atoms with Crippen molar-refractivity contribution in [3.63, 3.8) is 0 Å². The predicted molar refractivity (Wildman–Crippen MR) is 56.6 cm³/mol. The van der Waals surface area contributed by atoms with Crippen LogP contribution in [0.1, 0.15) is 5.56 Å². The number of anilines is 1. The van der Waals surface area contributed by atoms with Crippen LogP contribution in [-0.2, 0) is 10.2 Å². The largest absolute Gasteiger partial charge is 0.445 e. The lowest BCUT2D eigenvalue weighted by atomic mass is 10.2. The van der Waals surface area contributed by atoms with Gasteiger partial charge in [-0.2, -0.15) is 5.26 Å². The van der Waals surface area contributed by atoms with Crippen LogP contribution in [0.15, 0.2) is 24.3 Å². The summed E-state index contributed by atoms with van der Waals surface area (Å²) in [5.41, 5.74) is 1.64. The van der Waals surface area contributed by atoms with Gasteiger partial charge in [-0.1, -0.05) is 34.1 Å². The summed E-state index contributed by atoms with van der Waals surface area (Å²) in [5, 5.41) is 8.86. The van der Waals surface area contributed by atoms with Gasteiger partial charge in [-0.25, -0.2) is 4.79 Å². The number of rotatable bonds is 2. The van der Waals surface area contributed by atoms with Crippen molar-refractivity contribution < 1.29 is 14.9 Å². The maximum absolute atomic E-state index is 11.0. The molecule has 0 aromatic heterocycles. The molecule has 0 aliphatic carbocycles. The highest BCUT2D eigenvalue weighted by molar-refractivity contribution is 9.08. The first kappa shape index (κ1) is 11.0. The molecular formula is C9H10BrNO3. The Bertz CT molecular complexity index is 330. The zero-order valence-electron chi connectivity index (χ0n) is 7.61. The molecule has 1 N–H and O–H groups in total. The van der Waals surface area contributed by atoms with Gasteiger partial charge in [0.25, 0.3) is 0 Å². The van der Waals surface area contributed by atoms with E-state index in [4.69, 9.17) is 5.26 Å². The maximum Gasteiger partial charge on any atom is 0.445 e. The minimum Gasteiger partial charge on any atom is -0.278 e. The lowest BCUT2D eigenvalue weighted by molar-refractivity contribution is -0.174. The van der Waals surface area contributed by atoms with Crippen LogP contribution in [0.3, 0.4) is 0 Å². The van der Waals surface area contributed by atoms with Crippen molar-refractivity contribution in [3.8, 4) is 0 Å². The average Bonchev–Trinajstić information content (AvgIpc) is 2.26. The van der Waals surface area contributed by atoms with Gasteiger partial charge in [0, 0.05) is 12.4 Å². The number of hydrogen-bond acceptors (Lipinski definition) is 3. The fraction of sp³-hybridized carbons (Fsp3) is 0.222. The molecule has 0 spiro atoms. The Labute approximate surface area is 90.2 Å². The second kappa shape index (κ2) is 4.97. The molecule has 0 heterocycles. The predicted octanol–water partition coefficient (Wildman–Crippen LogP) is 2.63. The van der Waals surface area contributed by atoms with Crippen LogP contribution in [0.4, 0.5) is 10.5 Å². The number of carbonyl (C=O) groups is 1. The van der Waals surface area contributed by atoms with E-state index in [1.807, 2.05) is 18.2 Å². The minimum absolute atomic E-state index is 0.631. The molecule has 0 aliphatic rings. The number of amides is 1. The van der Waals surface area contributed by atoms with E-state index in [2.05, 4.69) is 20.8 Å². The Morgan fingerprint density at radius 3 is 2.79 bits per heavy atom. The third-order valence-electron chi connectivity index (χ3n) is 1.85. The van der Waals surface area contributed by atoms with Gasteiger partial charge in [-0.05, 0) is 11.6 Å². The summed E-state index contributed by atoms with van der Waals surface area (Å²) in [6.07, 6.45) is -0.807. The summed E-state index contributed by atoms with van der Waals surface area (Å²) >= 11 is 3.31. The fourth-order valence-corrected chi connectivity index (χ4v) is 1.58. The van der Waals surface area contributed by atoms with E-state index in [9.17, 15) is 4.79 Å². The first-order valence-electron chi connectivity index (χ1n) is 3.93. The van der Waals surface area contributed by atoms with Gasteiger partial charge < -0.3 is 0 Å². The molecule has 0 saturated carbocycles. The maximum atomic E-state index is 11.0. The molecule has 5 heteroatoms. The summed E-state index contributed by atoms with van der Waals surface area (Å²) in [5.74, 6) is 0. The molecule has 0 aliphatic heterocycles. The number of nitrogens with zero attached hydrogens (tertiary/aromatic N) is 1. The number of alkyl halides is 1. The van der Waals surface area contributed by atoms with Gasteiger partial charge in [0.1, 0.15) is 0 Å². The van der Waals surface area contributed by atoms with E-state index in [1.165, 1.54) is 11.9 Å². The van der Waals surface area contributed by atoms with Crippen LogP contribution in [0, 0.1) is 0 Å². The number of hydrogen-bond donors (Lipinski definition) is 1. The molecule has 1 amide bonds. The first-order chi connectivity index (χ1) is 6.70. The van der Waals surface area contributed by atoms with Crippen molar-refractivity contribution in [2.45, 2.75) is 5.33 Å². The van der Waals surface area contributed by atoms with Crippen LogP contribution >= 0.6 is 15.9 Å². The monoisotopic (exact) mass is 259 g/mol. The van der Waals surface area contributed by atoms with Gasteiger partial charge in [0.15, 0.2) is 0 Å². The Morgan fingerprint density at radius 2 is 2.21 bits per heavy atom. The Kier molecular flexibility index (Phi) is 3.91. The average molecular weight is 260 g/mol. The van der Waals surface area contributed by atoms with Gasteiger partial charge in [0.2, 0.25) is 0 Å². The lowest BCUT2D eigenvalue weighted by Gasteiger charge is -2.16. The molecule has 0 radical (unpaired) electrons. The fourth-order valence-electron chi connectivity index (χ4n) is 1.11. The van der Waals surface area contributed by atoms with Crippen LogP contribution in [-0.4, -0.2) is 18.4 Å². The van der Waals surface area contributed by atoms with Crippen LogP contribution < -0.4 is 4.90 Å². The van der Waals surface area contributed by atoms with Crippen LogP contribution in [0.25, 0.3) is 0 Å². The number of carbonyl (C=O) groups excluding carboxylic acids is 1. The highest BCUT2D eigenvalue weighted by Gasteiger charge is 2.14. The molecule has 0 unspecified atom stereocenters. The van der Waals surface area contributed by atoms with Gasteiger partial charge in [0.05, 0.1) is 5.69 Å². The first-order valence-corrected chi connectivity index (χ1v) is 5.05. The quantitative estimate of drug-likeness (QED) is 0.505. The van der Waals surface area contributed by atoms with Crippen molar-refractivity contribution in [2.75, 3.05) is 11.9 Å². The van der Waals surface area contributed by atoms with Crippen molar-refractivity contribution in [3.05, 3.63) is 29.8 Å². The summed E-state index contributed by atoms with van der Waals surface area (Å²) < 4.78 is 0. The zero-order valence-corrected chi connectivity index (χ0v) is 9.19. The van der Waals surface area contributed by atoms with E-state index in [0.717, 1.165) is 5.56 Å². The molecule has 0 saturated heterocycles. The molecule has 4 nitrogen and oxygen atoms in total. The van der Waals surface area contributed by atoms with Crippen molar-refractivity contribution in [2.24, 2.45) is 0 Å². The third-order valence-corrected chi connectivity index (χ3v) is 2.45. The molecule has 1 aromatic rings. The third kappa shape index (κ3) is 2.24. The molecule has 1 aromatic carbocycles. The van der Waals surface area contributed by atoms with Gasteiger partial charge in [-0.15, -0.1) is 0 Å². The normalized spacial score (nSPS) is 9.64. The number of para-hydroxylation sites is 1. The van der Waals surface area contributed by atoms with E-state index in [0.29, 0.717) is 11.0 Å². The van der Waals surface area contributed by atoms with Gasteiger partial charge >= 0.3 is 6.09 Å². The molecule has 76 valence electrons. The molecule has 14 heavy (non-hydrogen) atoms.